The molecule has 0 atom stereocenters. The number of methoxy groups -OCH3 is 1. The number of benzene rings is 2. The molecule has 5 rings (SSSR count). The van der Waals surface area contributed by atoms with Crippen LogP contribution in [0.1, 0.15) is 11.1 Å². The molecular formula is C24H25ClN4O3. The molecular weight excluding hydrogens is 428 g/mol. The third-order valence-electron chi connectivity index (χ3n) is 6.11. The number of aryl methyl sites for hydroxylation is 1. The maximum atomic E-state index is 13.1. The van der Waals surface area contributed by atoms with Gasteiger partial charge < -0.3 is 19.3 Å². The van der Waals surface area contributed by atoms with Crippen LogP contribution < -0.4 is 14.4 Å². The number of anilines is 1. The fourth-order valence-electron chi connectivity index (χ4n) is 4.36. The second-order valence-electron chi connectivity index (χ2n) is 8.15. The smallest absolute Gasteiger partial charge is 0.244 e. The molecule has 1 aromatic heterocycles. The fraction of sp³-hybridized carbons (Fsp3) is 0.333. The molecule has 2 aliphatic rings. The second-order valence-corrected chi connectivity index (χ2v) is 8.56. The molecule has 0 N–H and O–H groups in total. The highest BCUT2D eigenvalue weighted by atomic mass is 35.5. The van der Waals surface area contributed by atoms with Crippen LogP contribution in [0.15, 0.2) is 42.6 Å². The number of fused-ring (bicyclic) bond motifs is 3. The van der Waals surface area contributed by atoms with Crippen LogP contribution in [0.3, 0.4) is 0 Å². The van der Waals surface area contributed by atoms with Crippen molar-refractivity contribution in [3.05, 3.63) is 58.7 Å². The Kier molecular flexibility index (Phi) is 5.43. The van der Waals surface area contributed by atoms with Crippen molar-refractivity contribution in [2.24, 2.45) is 0 Å². The van der Waals surface area contributed by atoms with Crippen LogP contribution in [0.25, 0.3) is 11.3 Å². The van der Waals surface area contributed by atoms with Gasteiger partial charge in [-0.1, -0.05) is 23.2 Å². The van der Waals surface area contributed by atoms with E-state index in [1.54, 1.807) is 13.3 Å². The molecule has 0 saturated carbocycles. The number of halogens is 1. The minimum atomic E-state index is 0.0740. The van der Waals surface area contributed by atoms with Gasteiger partial charge in [-0.2, -0.15) is 5.10 Å². The van der Waals surface area contributed by atoms with Gasteiger partial charge in [0.25, 0.3) is 0 Å². The number of carbonyl (C=O) groups is 1. The largest absolute Gasteiger partial charge is 0.495 e. The molecule has 7 nitrogen and oxygen atoms in total. The van der Waals surface area contributed by atoms with E-state index in [4.69, 9.17) is 21.1 Å². The summed E-state index contributed by atoms with van der Waals surface area (Å²) < 4.78 is 13.0. The lowest BCUT2D eigenvalue weighted by Gasteiger charge is -2.36. The summed E-state index contributed by atoms with van der Waals surface area (Å²) in [4.78, 5) is 17.3. The normalized spacial score (nSPS) is 15.1. The molecule has 0 spiro atoms. The zero-order valence-electron chi connectivity index (χ0n) is 18.2. The van der Waals surface area contributed by atoms with Gasteiger partial charge in [-0.3, -0.25) is 9.48 Å². The Hall–Kier alpha value is -3.19. The second kappa shape index (κ2) is 8.39. The Morgan fingerprint density at radius 3 is 2.75 bits per heavy atom. The summed E-state index contributed by atoms with van der Waals surface area (Å²) in [6, 6.07) is 11.9. The van der Waals surface area contributed by atoms with E-state index in [-0.39, 0.29) is 12.5 Å². The number of ether oxygens (including phenoxy) is 2. The maximum Gasteiger partial charge on any atom is 0.244 e. The van der Waals surface area contributed by atoms with Crippen molar-refractivity contribution >= 4 is 23.2 Å². The first-order valence-electron chi connectivity index (χ1n) is 10.7. The first-order valence-corrected chi connectivity index (χ1v) is 11.1. The minimum Gasteiger partial charge on any atom is -0.495 e. The minimum absolute atomic E-state index is 0.0740. The summed E-state index contributed by atoms with van der Waals surface area (Å²) in [5.74, 6) is 1.57. The summed E-state index contributed by atoms with van der Waals surface area (Å²) >= 11 is 6.15. The zero-order chi connectivity index (χ0) is 22.2. The highest BCUT2D eigenvalue weighted by molar-refractivity contribution is 6.32. The van der Waals surface area contributed by atoms with E-state index in [2.05, 4.69) is 23.0 Å². The number of amides is 1. The van der Waals surface area contributed by atoms with Gasteiger partial charge in [0.05, 0.1) is 24.0 Å². The zero-order valence-corrected chi connectivity index (χ0v) is 18.9. The molecule has 8 heteroatoms. The van der Waals surface area contributed by atoms with E-state index in [1.807, 2.05) is 39.9 Å². The standard InChI is InChI=1S/C24H25ClN4O3/c1-16-3-6-21-19(11-16)24-17(15-32-21)13-26-29(24)14-23(30)28-9-7-27(8-10-28)18-4-5-20(25)22(12-18)31-2/h3-6,11-13H,7-10,14-15H2,1-2H3. The SMILES string of the molecule is COc1cc(N2CCN(C(=O)Cn3ncc4c3-c3cc(C)ccc3OC4)CC2)ccc1Cl. The molecule has 1 saturated heterocycles. The van der Waals surface area contributed by atoms with Crippen molar-refractivity contribution in [1.82, 2.24) is 14.7 Å². The van der Waals surface area contributed by atoms with Crippen LogP contribution in [0.5, 0.6) is 11.5 Å². The fourth-order valence-corrected chi connectivity index (χ4v) is 4.55. The van der Waals surface area contributed by atoms with Gasteiger partial charge in [-0.05, 0) is 31.2 Å². The van der Waals surface area contributed by atoms with Crippen molar-refractivity contribution in [3.8, 4) is 22.8 Å². The summed E-state index contributed by atoms with van der Waals surface area (Å²) in [5, 5.41) is 5.10. The topological polar surface area (TPSA) is 59.8 Å². The monoisotopic (exact) mass is 452 g/mol. The highest BCUT2D eigenvalue weighted by Gasteiger charge is 2.26. The molecule has 3 heterocycles. The Balaban J connectivity index is 1.28. The molecule has 0 radical (unpaired) electrons. The predicted octanol–water partition coefficient (Wildman–Crippen LogP) is 3.76. The quantitative estimate of drug-likeness (QED) is 0.603. The van der Waals surface area contributed by atoms with E-state index in [0.29, 0.717) is 30.5 Å². The van der Waals surface area contributed by atoms with Gasteiger partial charge in [0.15, 0.2) is 0 Å². The van der Waals surface area contributed by atoms with E-state index in [9.17, 15) is 4.79 Å². The maximum absolute atomic E-state index is 13.1. The molecule has 2 aliphatic heterocycles. The molecule has 0 bridgehead atoms. The number of rotatable bonds is 4. The molecule has 0 aliphatic carbocycles. The third kappa shape index (κ3) is 3.77. The highest BCUT2D eigenvalue weighted by Crippen LogP contribution is 2.38. The Labute approximate surface area is 192 Å². The molecule has 1 fully saturated rings. The molecule has 2 aromatic carbocycles. The van der Waals surface area contributed by atoms with Crippen LogP contribution in [0, 0.1) is 6.92 Å². The van der Waals surface area contributed by atoms with Crippen LogP contribution in [-0.4, -0.2) is 53.9 Å². The van der Waals surface area contributed by atoms with Crippen LogP contribution in [-0.2, 0) is 17.9 Å². The van der Waals surface area contributed by atoms with E-state index < -0.39 is 0 Å². The lowest BCUT2D eigenvalue weighted by atomic mass is 10.0. The first kappa shape index (κ1) is 20.7. The van der Waals surface area contributed by atoms with E-state index >= 15 is 0 Å². The summed E-state index contributed by atoms with van der Waals surface area (Å²) in [6.45, 7) is 5.57. The van der Waals surface area contributed by atoms with Crippen molar-refractivity contribution in [2.75, 3.05) is 38.2 Å². The third-order valence-corrected chi connectivity index (χ3v) is 6.42. The van der Waals surface area contributed by atoms with Crippen LogP contribution >= 0.6 is 11.6 Å². The Morgan fingerprint density at radius 2 is 1.97 bits per heavy atom. The van der Waals surface area contributed by atoms with E-state index in [1.165, 1.54) is 0 Å². The average Bonchev–Trinajstić information content (AvgIpc) is 3.22. The summed E-state index contributed by atoms with van der Waals surface area (Å²) in [7, 11) is 1.61. The summed E-state index contributed by atoms with van der Waals surface area (Å²) in [5.41, 5.74) is 5.19. The number of hydrogen-bond acceptors (Lipinski definition) is 5. The molecule has 3 aromatic rings. The first-order chi connectivity index (χ1) is 15.5. The van der Waals surface area contributed by atoms with Crippen molar-refractivity contribution in [2.45, 2.75) is 20.1 Å². The van der Waals surface area contributed by atoms with Crippen molar-refractivity contribution < 1.29 is 14.3 Å². The van der Waals surface area contributed by atoms with Gasteiger partial charge in [-0.25, -0.2) is 0 Å². The summed E-state index contributed by atoms with van der Waals surface area (Å²) in [6.07, 6.45) is 1.81. The van der Waals surface area contributed by atoms with Gasteiger partial charge >= 0.3 is 0 Å². The number of piperazine rings is 1. The molecule has 1 amide bonds. The molecule has 32 heavy (non-hydrogen) atoms. The van der Waals surface area contributed by atoms with Gasteiger partial charge in [0.2, 0.25) is 5.91 Å². The number of carbonyl (C=O) groups excluding carboxylic acids is 1. The van der Waals surface area contributed by atoms with E-state index in [0.717, 1.165) is 46.9 Å². The van der Waals surface area contributed by atoms with Crippen LogP contribution in [0.2, 0.25) is 5.02 Å². The predicted molar refractivity (Wildman–Crippen MR) is 124 cm³/mol. The van der Waals surface area contributed by atoms with Gasteiger partial charge in [0.1, 0.15) is 24.7 Å². The lowest BCUT2D eigenvalue weighted by molar-refractivity contribution is -0.132. The van der Waals surface area contributed by atoms with Crippen LogP contribution in [0.4, 0.5) is 5.69 Å². The molecule has 166 valence electrons. The lowest BCUT2D eigenvalue weighted by Crippen LogP contribution is -2.49. The van der Waals surface area contributed by atoms with Gasteiger partial charge in [0, 0.05) is 49.1 Å². The molecule has 0 unspecified atom stereocenters. The number of nitrogens with zero attached hydrogens (tertiary/aromatic N) is 4. The Morgan fingerprint density at radius 1 is 1.16 bits per heavy atom. The van der Waals surface area contributed by atoms with Crippen molar-refractivity contribution in [3.63, 3.8) is 0 Å². The Bertz CT molecular complexity index is 1170. The number of hydrogen-bond donors (Lipinski definition) is 0. The van der Waals surface area contributed by atoms with Gasteiger partial charge in [-0.15, -0.1) is 0 Å². The number of aromatic nitrogens is 2. The average molecular weight is 453 g/mol. The van der Waals surface area contributed by atoms with Crippen molar-refractivity contribution in [1.29, 1.82) is 0 Å².